The fourth-order valence-electron chi connectivity index (χ4n) is 2.65. The number of para-hydroxylation sites is 1. The fraction of sp³-hybridized carbons (Fsp3) is 0.0476. The molecule has 1 aromatic heterocycles. The van der Waals surface area contributed by atoms with E-state index in [2.05, 4.69) is 41.0 Å². The van der Waals surface area contributed by atoms with Gasteiger partial charge in [-0.15, -0.1) is 11.3 Å². The number of fused-ring (bicyclic) bond motifs is 1. The highest BCUT2D eigenvalue weighted by Gasteiger charge is 2.06. The maximum absolute atomic E-state index is 5.37. The van der Waals surface area contributed by atoms with Gasteiger partial charge in [0.05, 0.1) is 10.2 Å². The van der Waals surface area contributed by atoms with Crippen molar-refractivity contribution in [1.82, 2.24) is 10.3 Å². The molecule has 26 heavy (non-hydrogen) atoms. The van der Waals surface area contributed by atoms with Crippen molar-refractivity contribution in [3.8, 4) is 10.6 Å². The number of hydrogen-bond donors (Lipinski definition) is 2. The first-order valence-corrected chi connectivity index (χ1v) is 9.55. The molecule has 0 radical (unpaired) electrons. The molecule has 128 valence electrons. The third kappa shape index (κ3) is 3.90. The van der Waals surface area contributed by atoms with E-state index in [9.17, 15) is 0 Å². The number of thiazole rings is 1. The first kappa shape index (κ1) is 16.7. The van der Waals surface area contributed by atoms with Crippen LogP contribution in [-0.4, -0.2) is 10.1 Å². The predicted octanol–water partition coefficient (Wildman–Crippen LogP) is 5.45. The second-order valence-corrected chi connectivity index (χ2v) is 7.30. The molecule has 3 aromatic carbocycles. The Labute approximate surface area is 161 Å². The number of anilines is 1. The van der Waals surface area contributed by atoms with Gasteiger partial charge in [0.1, 0.15) is 5.01 Å². The first-order valence-electron chi connectivity index (χ1n) is 8.33. The Bertz CT molecular complexity index is 991. The average molecular weight is 376 g/mol. The molecule has 5 heteroatoms. The zero-order chi connectivity index (χ0) is 17.8. The summed E-state index contributed by atoms with van der Waals surface area (Å²) in [7, 11) is 0. The molecule has 0 spiro atoms. The summed E-state index contributed by atoms with van der Waals surface area (Å²) in [4.78, 5) is 4.70. The van der Waals surface area contributed by atoms with Crippen LogP contribution in [0.25, 0.3) is 20.8 Å². The minimum absolute atomic E-state index is 0.613. The minimum atomic E-state index is 0.613. The van der Waals surface area contributed by atoms with Gasteiger partial charge in [0.2, 0.25) is 0 Å². The van der Waals surface area contributed by atoms with Gasteiger partial charge in [-0.2, -0.15) is 0 Å². The summed E-state index contributed by atoms with van der Waals surface area (Å²) < 4.78 is 1.20. The van der Waals surface area contributed by atoms with Crippen molar-refractivity contribution in [2.45, 2.75) is 6.54 Å². The SMILES string of the molecule is S=C(NCc1ccccc1)Nc1ccc(-c2nc3ccccc3s2)cc1. The van der Waals surface area contributed by atoms with Crippen molar-refractivity contribution in [3.63, 3.8) is 0 Å². The van der Waals surface area contributed by atoms with Gasteiger partial charge in [0.15, 0.2) is 5.11 Å². The van der Waals surface area contributed by atoms with Gasteiger partial charge in [-0.05, 0) is 54.2 Å². The highest BCUT2D eigenvalue weighted by molar-refractivity contribution is 7.80. The molecule has 0 aliphatic carbocycles. The molecule has 4 rings (SSSR count). The summed E-state index contributed by atoms with van der Waals surface area (Å²) in [5.74, 6) is 0. The van der Waals surface area contributed by atoms with Gasteiger partial charge in [0, 0.05) is 17.8 Å². The Morgan fingerprint density at radius 1 is 0.885 bits per heavy atom. The smallest absolute Gasteiger partial charge is 0.171 e. The molecule has 0 saturated carbocycles. The normalized spacial score (nSPS) is 10.6. The molecule has 2 N–H and O–H groups in total. The molecular weight excluding hydrogens is 358 g/mol. The van der Waals surface area contributed by atoms with Crippen molar-refractivity contribution in [2.24, 2.45) is 0 Å². The largest absolute Gasteiger partial charge is 0.358 e. The van der Waals surface area contributed by atoms with Crippen molar-refractivity contribution < 1.29 is 0 Å². The number of thiocarbonyl (C=S) groups is 1. The Morgan fingerprint density at radius 3 is 2.38 bits per heavy atom. The van der Waals surface area contributed by atoms with Gasteiger partial charge in [-0.25, -0.2) is 4.98 Å². The summed E-state index contributed by atoms with van der Waals surface area (Å²) in [6, 6.07) is 26.6. The van der Waals surface area contributed by atoms with Crippen molar-refractivity contribution in [3.05, 3.63) is 84.4 Å². The molecule has 0 aliphatic heterocycles. The second-order valence-electron chi connectivity index (χ2n) is 5.86. The van der Waals surface area contributed by atoms with Crippen LogP contribution in [0.5, 0.6) is 0 Å². The molecule has 0 bridgehead atoms. The maximum Gasteiger partial charge on any atom is 0.171 e. The Balaban J connectivity index is 1.40. The van der Waals surface area contributed by atoms with Crippen LogP contribution in [0.15, 0.2) is 78.9 Å². The van der Waals surface area contributed by atoms with E-state index < -0.39 is 0 Å². The molecular formula is C21H17N3S2. The highest BCUT2D eigenvalue weighted by Crippen LogP contribution is 2.30. The molecule has 4 aromatic rings. The van der Waals surface area contributed by atoms with Gasteiger partial charge < -0.3 is 10.6 Å². The lowest BCUT2D eigenvalue weighted by atomic mass is 10.2. The molecule has 3 nitrogen and oxygen atoms in total. The van der Waals surface area contributed by atoms with E-state index >= 15 is 0 Å². The van der Waals surface area contributed by atoms with Crippen LogP contribution in [0.3, 0.4) is 0 Å². The number of aromatic nitrogens is 1. The minimum Gasteiger partial charge on any atom is -0.358 e. The van der Waals surface area contributed by atoms with E-state index in [0.717, 1.165) is 21.8 Å². The summed E-state index contributed by atoms with van der Waals surface area (Å²) in [6.45, 7) is 0.705. The van der Waals surface area contributed by atoms with E-state index in [0.29, 0.717) is 11.7 Å². The van der Waals surface area contributed by atoms with E-state index in [1.54, 1.807) is 11.3 Å². The third-order valence-corrected chi connectivity index (χ3v) is 5.31. The van der Waals surface area contributed by atoms with E-state index in [1.807, 2.05) is 48.5 Å². The monoisotopic (exact) mass is 375 g/mol. The van der Waals surface area contributed by atoms with Crippen LogP contribution in [0.1, 0.15) is 5.56 Å². The van der Waals surface area contributed by atoms with Gasteiger partial charge >= 0.3 is 0 Å². The van der Waals surface area contributed by atoms with Crippen LogP contribution < -0.4 is 10.6 Å². The van der Waals surface area contributed by atoms with Crippen LogP contribution in [0, 0.1) is 0 Å². The average Bonchev–Trinajstić information content (AvgIpc) is 3.12. The maximum atomic E-state index is 5.37. The molecule has 1 heterocycles. The van der Waals surface area contributed by atoms with E-state index in [4.69, 9.17) is 17.2 Å². The van der Waals surface area contributed by atoms with Crippen molar-refractivity contribution in [2.75, 3.05) is 5.32 Å². The first-order chi connectivity index (χ1) is 12.8. The Kier molecular flexibility index (Phi) is 4.91. The van der Waals surface area contributed by atoms with Crippen LogP contribution in [0.2, 0.25) is 0 Å². The number of rotatable bonds is 4. The fourth-order valence-corrected chi connectivity index (χ4v) is 3.81. The topological polar surface area (TPSA) is 37.0 Å². The standard InChI is InChI=1S/C21H17N3S2/c25-21(22-14-15-6-2-1-3-7-15)23-17-12-10-16(11-13-17)20-24-18-8-4-5-9-19(18)26-20/h1-13H,14H2,(H2,22,23,25). The Hall–Kier alpha value is -2.76. The number of hydrogen-bond acceptors (Lipinski definition) is 3. The lowest BCUT2D eigenvalue weighted by Crippen LogP contribution is -2.27. The lowest BCUT2D eigenvalue weighted by molar-refractivity contribution is 0.926. The van der Waals surface area contributed by atoms with Crippen LogP contribution in [0.4, 0.5) is 5.69 Å². The summed E-state index contributed by atoms with van der Waals surface area (Å²) in [5, 5.41) is 8.08. The quantitative estimate of drug-likeness (QED) is 0.465. The molecule has 0 saturated heterocycles. The summed E-state index contributed by atoms with van der Waals surface area (Å²) in [5.41, 5.74) is 4.31. The van der Waals surface area contributed by atoms with Gasteiger partial charge in [-0.1, -0.05) is 42.5 Å². The van der Waals surface area contributed by atoms with E-state index in [1.165, 1.54) is 10.3 Å². The number of nitrogens with zero attached hydrogens (tertiary/aromatic N) is 1. The van der Waals surface area contributed by atoms with E-state index in [-0.39, 0.29) is 0 Å². The zero-order valence-corrected chi connectivity index (χ0v) is 15.6. The molecule has 0 unspecified atom stereocenters. The van der Waals surface area contributed by atoms with Crippen LogP contribution in [-0.2, 0) is 6.54 Å². The zero-order valence-electron chi connectivity index (χ0n) is 14.0. The van der Waals surface area contributed by atoms with Crippen molar-refractivity contribution in [1.29, 1.82) is 0 Å². The summed E-state index contributed by atoms with van der Waals surface area (Å²) >= 11 is 7.08. The second kappa shape index (κ2) is 7.64. The lowest BCUT2D eigenvalue weighted by Gasteiger charge is -2.11. The Morgan fingerprint density at radius 2 is 1.62 bits per heavy atom. The number of nitrogens with one attached hydrogen (secondary N) is 2. The molecule has 0 fully saturated rings. The third-order valence-electron chi connectivity index (χ3n) is 3.98. The summed E-state index contributed by atoms with van der Waals surface area (Å²) in [6.07, 6.45) is 0. The molecule has 0 atom stereocenters. The van der Waals surface area contributed by atoms with Crippen LogP contribution >= 0.6 is 23.6 Å². The molecule has 0 aliphatic rings. The van der Waals surface area contributed by atoms with Crippen molar-refractivity contribution >= 4 is 44.6 Å². The molecule has 0 amide bonds. The predicted molar refractivity (Wildman–Crippen MR) is 115 cm³/mol. The number of benzene rings is 3. The van der Waals surface area contributed by atoms with Gasteiger partial charge in [-0.3, -0.25) is 0 Å². The highest BCUT2D eigenvalue weighted by atomic mass is 32.1. The van der Waals surface area contributed by atoms with Gasteiger partial charge in [0.25, 0.3) is 0 Å².